The molecule has 0 N–H and O–H groups in total. The van der Waals surface area contributed by atoms with Gasteiger partial charge in [-0.1, -0.05) is 13.3 Å². The number of carbonyl (C=O) groups excluding carboxylic acids is 1. The maximum atomic E-state index is 12.2. The van der Waals surface area contributed by atoms with E-state index in [9.17, 15) is 4.79 Å². The van der Waals surface area contributed by atoms with Crippen molar-refractivity contribution < 1.29 is 4.79 Å². The fourth-order valence-electron chi connectivity index (χ4n) is 1.85. The average Bonchev–Trinajstić information content (AvgIpc) is 3.00. The van der Waals surface area contributed by atoms with Crippen molar-refractivity contribution in [2.45, 2.75) is 33.2 Å². The molecule has 112 valence electrons. The monoisotopic (exact) mass is 430 g/mol. The van der Waals surface area contributed by atoms with Crippen molar-refractivity contribution in [2.75, 3.05) is 0 Å². The average molecular weight is 432 g/mol. The Bertz CT molecular complexity index is 673. The quantitative estimate of drug-likeness (QED) is 0.457. The van der Waals surface area contributed by atoms with Gasteiger partial charge in [0.2, 0.25) is 0 Å². The number of allylic oxidation sites excluding steroid dienone is 1. The summed E-state index contributed by atoms with van der Waals surface area (Å²) in [5, 5.41) is 4.37. The van der Waals surface area contributed by atoms with Gasteiger partial charge in [-0.05, 0) is 63.4 Å². The zero-order valence-corrected chi connectivity index (χ0v) is 15.9. The van der Waals surface area contributed by atoms with Crippen molar-refractivity contribution >= 4 is 55.1 Å². The maximum absolute atomic E-state index is 12.2. The first kappa shape index (κ1) is 16.6. The van der Waals surface area contributed by atoms with Crippen molar-refractivity contribution in [1.29, 1.82) is 0 Å². The number of ketones is 1. The third-order valence-corrected chi connectivity index (χ3v) is 5.73. The Labute approximate surface area is 145 Å². The number of hydrogen-bond acceptors (Lipinski definition) is 3. The third kappa shape index (κ3) is 4.14. The lowest BCUT2D eigenvalue weighted by atomic mass is 10.2. The predicted octanol–water partition coefficient (Wildman–Crippen LogP) is 5.34. The molecule has 2 heterocycles. The summed E-state index contributed by atoms with van der Waals surface area (Å²) in [4.78, 5) is 14.2. The number of hydrogen-bond donors (Lipinski definition) is 0. The number of aryl methyl sites for hydroxylation is 2. The lowest BCUT2D eigenvalue weighted by Gasteiger charge is -1.92. The lowest BCUT2D eigenvalue weighted by Crippen LogP contribution is -1.94. The van der Waals surface area contributed by atoms with Gasteiger partial charge in [0.25, 0.3) is 0 Å². The van der Waals surface area contributed by atoms with Crippen LogP contribution < -0.4 is 0 Å². The summed E-state index contributed by atoms with van der Waals surface area (Å²) in [6.45, 7) is 4.96. The van der Waals surface area contributed by atoms with Crippen LogP contribution in [0.1, 0.15) is 40.5 Å². The Balaban J connectivity index is 2.15. The SMILES string of the molecule is CCCc1sc(C(=O)/C=C/c2nn(CC)cc2Br)cc1Br. The molecule has 0 saturated carbocycles. The van der Waals surface area contributed by atoms with Crippen molar-refractivity contribution in [1.82, 2.24) is 9.78 Å². The van der Waals surface area contributed by atoms with Crippen molar-refractivity contribution in [3.05, 3.63) is 42.7 Å². The highest BCUT2D eigenvalue weighted by Crippen LogP contribution is 2.29. The van der Waals surface area contributed by atoms with E-state index in [1.54, 1.807) is 23.5 Å². The minimum absolute atomic E-state index is 0.0148. The molecular weight excluding hydrogens is 416 g/mol. The van der Waals surface area contributed by atoms with E-state index in [0.29, 0.717) is 0 Å². The number of thiophene rings is 1. The molecule has 0 amide bonds. The van der Waals surface area contributed by atoms with E-state index in [1.807, 2.05) is 23.9 Å². The van der Waals surface area contributed by atoms with Crippen molar-refractivity contribution in [2.24, 2.45) is 0 Å². The lowest BCUT2D eigenvalue weighted by molar-refractivity contribution is 0.105. The first-order valence-corrected chi connectivity index (χ1v) is 9.19. The molecule has 0 saturated heterocycles. The van der Waals surface area contributed by atoms with Crippen LogP contribution >= 0.6 is 43.2 Å². The molecule has 0 unspecified atom stereocenters. The van der Waals surface area contributed by atoms with Crippen LogP contribution in [0.5, 0.6) is 0 Å². The van der Waals surface area contributed by atoms with E-state index >= 15 is 0 Å². The van der Waals surface area contributed by atoms with Gasteiger partial charge in [0.05, 0.1) is 15.0 Å². The number of aromatic nitrogens is 2. The molecule has 0 aromatic carbocycles. The normalized spacial score (nSPS) is 11.4. The van der Waals surface area contributed by atoms with Gasteiger partial charge in [-0.2, -0.15) is 5.10 Å². The molecule has 2 rings (SSSR count). The minimum atomic E-state index is 0.0148. The molecular formula is C15H16Br2N2OS. The highest BCUT2D eigenvalue weighted by molar-refractivity contribution is 9.10. The summed E-state index contributed by atoms with van der Waals surface area (Å²) >= 11 is 8.52. The molecule has 3 nitrogen and oxygen atoms in total. The van der Waals surface area contributed by atoms with Crippen LogP contribution in [0.2, 0.25) is 0 Å². The summed E-state index contributed by atoms with van der Waals surface area (Å²) < 4.78 is 3.75. The molecule has 0 atom stereocenters. The Morgan fingerprint density at radius 2 is 2.14 bits per heavy atom. The summed E-state index contributed by atoms with van der Waals surface area (Å²) in [5.74, 6) is 0.0148. The standard InChI is InChI=1S/C15H16Br2N2OS/c1-3-5-14-10(16)8-15(21-14)13(20)7-6-12-11(17)9-19(4-2)18-12/h6-9H,3-5H2,1-2H3/b7-6+. The highest BCUT2D eigenvalue weighted by Gasteiger charge is 2.11. The van der Waals surface area contributed by atoms with Crippen molar-refractivity contribution in [3.63, 3.8) is 0 Å². The smallest absolute Gasteiger partial charge is 0.195 e. The molecule has 2 aromatic heterocycles. The summed E-state index contributed by atoms with van der Waals surface area (Å²) in [6.07, 6.45) is 7.32. The molecule has 21 heavy (non-hydrogen) atoms. The number of rotatable bonds is 6. The van der Waals surface area contributed by atoms with E-state index in [-0.39, 0.29) is 5.78 Å². The Morgan fingerprint density at radius 1 is 1.38 bits per heavy atom. The third-order valence-electron chi connectivity index (χ3n) is 2.94. The second-order valence-corrected chi connectivity index (χ2v) is 7.39. The Morgan fingerprint density at radius 3 is 2.76 bits per heavy atom. The van der Waals surface area contributed by atoms with Crippen LogP contribution in [0.15, 0.2) is 27.3 Å². The minimum Gasteiger partial charge on any atom is -0.288 e. The van der Waals surface area contributed by atoms with Crippen LogP contribution in [-0.4, -0.2) is 15.6 Å². The maximum Gasteiger partial charge on any atom is 0.195 e. The molecule has 0 spiro atoms. The number of carbonyl (C=O) groups is 1. The predicted molar refractivity (Wildman–Crippen MR) is 95.0 cm³/mol. The van der Waals surface area contributed by atoms with Gasteiger partial charge in [0, 0.05) is 22.1 Å². The molecule has 0 aliphatic heterocycles. The summed E-state index contributed by atoms with van der Waals surface area (Å²) in [7, 11) is 0. The topological polar surface area (TPSA) is 34.9 Å². The van der Waals surface area contributed by atoms with Gasteiger partial charge in [-0.25, -0.2) is 0 Å². The summed E-state index contributed by atoms with van der Waals surface area (Å²) in [5.41, 5.74) is 0.773. The van der Waals surface area contributed by atoms with Crippen molar-refractivity contribution in [3.8, 4) is 0 Å². The van der Waals surface area contributed by atoms with Gasteiger partial charge in [0.1, 0.15) is 0 Å². The van der Waals surface area contributed by atoms with Gasteiger partial charge in [0.15, 0.2) is 5.78 Å². The van der Waals surface area contributed by atoms with E-state index in [0.717, 1.165) is 38.9 Å². The Kier molecular flexibility index (Phi) is 5.96. The van der Waals surface area contributed by atoms with E-state index < -0.39 is 0 Å². The number of nitrogens with zero attached hydrogens (tertiary/aromatic N) is 2. The molecule has 0 fully saturated rings. The molecule has 6 heteroatoms. The first-order chi connectivity index (χ1) is 10.0. The fourth-order valence-corrected chi connectivity index (χ4v) is 4.19. The van der Waals surface area contributed by atoms with E-state index in [1.165, 1.54) is 4.88 Å². The molecule has 0 bridgehead atoms. The van der Waals surface area contributed by atoms with Crippen LogP contribution in [0.3, 0.4) is 0 Å². The molecule has 2 aromatic rings. The highest BCUT2D eigenvalue weighted by atomic mass is 79.9. The fraction of sp³-hybridized carbons (Fsp3) is 0.333. The van der Waals surface area contributed by atoms with Crippen LogP contribution in [0.4, 0.5) is 0 Å². The molecule has 0 aliphatic rings. The van der Waals surface area contributed by atoms with E-state index in [2.05, 4.69) is 43.9 Å². The van der Waals surface area contributed by atoms with Crippen LogP contribution in [0.25, 0.3) is 6.08 Å². The largest absolute Gasteiger partial charge is 0.288 e. The van der Waals surface area contributed by atoms with Gasteiger partial charge < -0.3 is 0 Å². The van der Waals surface area contributed by atoms with Crippen LogP contribution in [0, 0.1) is 0 Å². The Hall–Kier alpha value is -0.720. The number of halogens is 2. The van der Waals surface area contributed by atoms with Gasteiger partial charge in [-0.3, -0.25) is 9.48 Å². The molecule has 0 radical (unpaired) electrons. The summed E-state index contributed by atoms with van der Waals surface area (Å²) in [6, 6.07) is 1.90. The zero-order valence-electron chi connectivity index (χ0n) is 11.9. The second kappa shape index (κ2) is 7.51. The second-order valence-electron chi connectivity index (χ2n) is 4.55. The first-order valence-electron chi connectivity index (χ1n) is 6.78. The van der Waals surface area contributed by atoms with E-state index in [4.69, 9.17) is 0 Å². The van der Waals surface area contributed by atoms with Gasteiger partial charge in [-0.15, -0.1) is 11.3 Å². The zero-order chi connectivity index (χ0) is 15.4. The van der Waals surface area contributed by atoms with Crippen LogP contribution in [-0.2, 0) is 13.0 Å². The van der Waals surface area contributed by atoms with Gasteiger partial charge >= 0.3 is 0 Å². The molecule has 0 aliphatic carbocycles.